The van der Waals surface area contributed by atoms with Gasteiger partial charge in [-0.2, -0.15) is 5.10 Å². The number of hydrogen-bond acceptors (Lipinski definition) is 4. The van der Waals surface area contributed by atoms with Gasteiger partial charge in [-0.1, -0.05) is 13.8 Å². The van der Waals surface area contributed by atoms with E-state index in [2.05, 4.69) is 29.2 Å². The summed E-state index contributed by atoms with van der Waals surface area (Å²) in [6, 6.07) is 1.91. The van der Waals surface area contributed by atoms with Gasteiger partial charge in [-0.15, -0.1) is 0 Å². The van der Waals surface area contributed by atoms with Crippen LogP contribution in [0.25, 0.3) is 0 Å². The lowest BCUT2D eigenvalue weighted by Gasteiger charge is -2.10. The Hall–Kier alpha value is -2.11. The topological polar surface area (TPSA) is 64.7 Å². The summed E-state index contributed by atoms with van der Waals surface area (Å²) in [5, 5.41) is 7.15. The third-order valence-electron chi connectivity index (χ3n) is 2.83. The first kappa shape index (κ1) is 13.3. The second kappa shape index (κ2) is 5.69. The number of nitrogens with one attached hydrogen (secondary N) is 1. The third-order valence-corrected chi connectivity index (χ3v) is 2.83. The average molecular weight is 261 g/mol. The Labute approximate surface area is 112 Å². The zero-order valence-electron chi connectivity index (χ0n) is 11.5. The Morgan fingerprint density at radius 1 is 1.37 bits per heavy atom. The van der Waals surface area contributed by atoms with Crippen LogP contribution in [0.3, 0.4) is 0 Å². The molecule has 102 valence electrons. The molecule has 2 aromatic heterocycles. The molecule has 6 heteroatoms. The molecule has 0 saturated heterocycles. The second-order valence-corrected chi connectivity index (χ2v) is 4.93. The van der Waals surface area contributed by atoms with Crippen LogP contribution in [0.2, 0.25) is 0 Å². The minimum absolute atomic E-state index is 0.0848. The van der Waals surface area contributed by atoms with Crippen molar-refractivity contribution in [2.75, 3.05) is 5.32 Å². The van der Waals surface area contributed by atoms with E-state index in [0.29, 0.717) is 24.8 Å². The van der Waals surface area contributed by atoms with Gasteiger partial charge in [0.05, 0.1) is 12.2 Å². The van der Waals surface area contributed by atoms with Crippen LogP contribution < -0.4 is 10.9 Å². The van der Waals surface area contributed by atoms with Crippen molar-refractivity contribution in [2.45, 2.75) is 26.9 Å². The highest BCUT2D eigenvalue weighted by atomic mass is 16.1. The fraction of sp³-hybridized carbons (Fsp3) is 0.462. The monoisotopic (exact) mass is 261 g/mol. The summed E-state index contributed by atoms with van der Waals surface area (Å²) in [7, 11) is 1.87. The first-order chi connectivity index (χ1) is 9.08. The van der Waals surface area contributed by atoms with Crippen molar-refractivity contribution in [3.05, 3.63) is 40.7 Å². The van der Waals surface area contributed by atoms with E-state index in [1.165, 1.54) is 0 Å². The fourth-order valence-corrected chi connectivity index (χ4v) is 1.85. The SMILES string of the molecule is CC(C)Cn1ccnc(NCc2ccnn2C)c1=O. The zero-order valence-corrected chi connectivity index (χ0v) is 11.5. The van der Waals surface area contributed by atoms with Gasteiger partial charge < -0.3 is 9.88 Å². The van der Waals surface area contributed by atoms with Gasteiger partial charge in [0.1, 0.15) is 0 Å². The van der Waals surface area contributed by atoms with Crippen LogP contribution in [0.5, 0.6) is 0 Å². The lowest BCUT2D eigenvalue weighted by molar-refractivity contribution is 0.509. The molecular weight excluding hydrogens is 242 g/mol. The summed E-state index contributed by atoms with van der Waals surface area (Å²) in [5.41, 5.74) is 0.916. The summed E-state index contributed by atoms with van der Waals surface area (Å²) in [6.45, 7) is 5.39. The van der Waals surface area contributed by atoms with Gasteiger partial charge in [0.2, 0.25) is 0 Å². The highest BCUT2D eigenvalue weighted by Crippen LogP contribution is 2.02. The molecule has 0 aliphatic rings. The summed E-state index contributed by atoms with van der Waals surface area (Å²) >= 11 is 0. The van der Waals surface area contributed by atoms with Crippen LogP contribution in [-0.2, 0) is 20.1 Å². The number of aryl methyl sites for hydroxylation is 1. The Morgan fingerprint density at radius 2 is 2.16 bits per heavy atom. The Kier molecular flexibility index (Phi) is 3.99. The molecule has 0 fully saturated rings. The maximum atomic E-state index is 12.2. The van der Waals surface area contributed by atoms with Crippen LogP contribution in [0.4, 0.5) is 5.82 Å². The molecule has 6 nitrogen and oxygen atoms in total. The molecule has 0 radical (unpaired) electrons. The van der Waals surface area contributed by atoms with Crippen molar-refractivity contribution in [3.8, 4) is 0 Å². The van der Waals surface area contributed by atoms with Gasteiger partial charge in [0.25, 0.3) is 5.56 Å². The van der Waals surface area contributed by atoms with Crippen LogP contribution in [0, 0.1) is 5.92 Å². The molecule has 2 aromatic rings. The fourth-order valence-electron chi connectivity index (χ4n) is 1.85. The van der Waals surface area contributed by atoms with E-state index in [4.69, 9.17) is 0 Å². The van der Waals surface area contributed by atoms with Gasteiger partial charge >= 0.3 is 0 Å². The molecule has 0 amide bonds. The molecule has 0 aliphatic heterocycles. The van der Waals surface area contributed by atoms with Crippen molar-refractivity contribution >= 4 is 5.82 Å². The van der Waals surface area contributed by atoms with Crippen molar-refractivity contribution in [3.63, 3.8) is 0 Å². The van der Waals surface area contributed by atoms with Crippen LogP contribution in [0.15, 0.2) is 29.5 Å². The maximum absolute atomic E-state index is 12.2. The zero-order chi connectivity index (χ0) is 13.8. The molecule has 0 bridgehead atoms. The predicted octanol–water partition coefficient (Wildman–Crippen LogP) is 1.24. The van der Waals surface area contributed by atoms with E-state index < -0.39 is 0 Å². The molecule has 1 N–H and O–H groups in total. The van der Waals surface area contributed by atoms with E-state index in [0.717, 1.165) is 5.69 Å². The lowest BCUT2D eigenvalue weighted by Crippen LogP contribution is -2.26. The summed E-state index contributed by atoms with van der Waals surface area (Å²) in [6.07, 6.45) is 5.10. The molecule has 0 spiro atoms. The Bertz CT molecular complexity index is 599. The van der Waals surface area contributed by atoms with E-state index in [9.17, 15) is 4.79 Å². The minimum atomic E-state index is -0.0848. The summed E-state index contributed by atoms with van der Waals surface area (Å²) in [4.78, 5) is 16.3. The molecule has 0 aliphatic carbocycles. The van der Waals surface area contributed by atoms with E-state index in [1.807, 2.05) is 13.1 Å². The predicted molar refractivity (Wildman–Crippen MR) is 73.9 cm³/mol. The normalized spacial score (nSPS) is 10.9. The Morgan fingerprint density at radius 3 is 2.79 bits per heavy atom. The number of rotatable bonds is 5. The molecule has 0 unspecified atom stereocenters. The molecule has 19 heavy (non-hydrogen) atoms. The highest BCUT2D eigenvalue weighted by molar-refractivity contribution is 5.31. The summed E-state index contributed by atoms with van der Waals surface area (Å²) in [5.74, 6) is 0.800. The maximum Gasteiger partial charge on any atom is 0.293 e. The van der Waals surface area contributed by atoms with E-state index in [-0.39, 0.29) is 5.56 Å². The van der Waals surface area contributed by atoms with Crippen LogP contribution >= 0.6 is 0 Å². The highest BCUT2D eigenvalue weighted by Gasteiger charge is 2.06. The van der Waals surface area contributed by atoms with Crippen LogP contribution in [0.1, 0.15) is 19.5 Å². The molecule has 0 atom stereocenters. The first-order valence-corrected chi connectivity index (χ1v) is 6.34. The summed E-state index contributed by atoms with van der Waals surface area (Å²) < 4.78 is 3.45. The number of hydrogen-bond donors (Lipinski definition) is 1. The number of nitrogens with zero attached hydrogens (tertiary/aromatic N) is 4. The van der Waals surface area contributed by atoms with E-state index >= 15 is 0 Å². The molecule has 2 heterocycles. The second-order valence-electron chi connectivity index (χ2n) is 4.93. The van der Waals surface area contributed by atoms with Gasteiger partial charge in [-0.25, -0.2) is 4.98 Å². The molecular formula is C13H19N5O. The van der Waals surface area contributed by atoms with E-state index in [1.54, 1.807) is 27.8 Å². The van der Waals surface area contributed by atoms with Crippen molar-refractivity contribution in [1.29, 1.82) is 0 Å². The average Bonchev–Trinajstić information content (AvgIpc) is 2.76. The van der Waals surface area contributed by atoms with Gasteiger partial charge in [-0.3, -0.25) is 9.48 Å². The molecule has 0 saturated carbocycles. The van der Waals surface area contributed by atoms with Crippen molar-refractivity contribution < 1.29 is 0 Å². The largest absolute Gasteiger partial charge is 0.360 e. The van der Waals surface area contributed by atoms with Crippen molar-refractivity contribution in [2.24, 2.45) is 13.0 Å². The smallest absolute Gasteiger partial charge is 0.293 e. The van der Waals surface area contributed by atoms with Crippen LogP contribution in [-0.4, -0.2) is 19.3 Å². The standard InChI is InChI=1S/C13H19N5O/c1-10(2)9-18-7-6-14-12(13(18)19)15-8-11-4-5-16-17(11)3/h4-7,10H,8-9H2,1-3H3,(H,14,15). The molecule has 0 aromatic carbocycles. The van der Waals surface area contributed by atoms with Crippen molar-refractivity contribution in [1.82, 2.24) is 19.3 Å². The Balaban J connectivity index is 2.13. The lowest BCUT2D eigenvalue weighted by atomic mass is 10.2. The van der Waals surface area contributed by atoms with Gasteiger partial charge in [0, 0.05) is 32.2 Å². The third kappa shape index (κ3) is 3.21. The number of aromatic nitrogens is 4. The quantitative estimate of drug-likeness (QED) is 0.879. The minimum Gasteiger partial charge on any atom is -0.360 e. The van der Waals surface area contributed by atoms with Gasteiger partial charge in [0.15, 0.2) is 5.82 Å². The first-order valence-electron chi connectivity index (χ1n) is 6.34. The number of anilines is 1. The molecule has 2 rings (SSSR count). The van der Waals surface area contributed by atoms with Gasteiger partial charge in [-0.05, 0) is 12.0 Å².